The highest BCUT2D eigenvalue weighted by atomic mass is 79.9. The Labute approximate surface area is 145 Å². The smallest absolute Gasteiger partial charge is 0.142 e. The highest BCUT2D eigenvalue weighted by Crippen LogP contribution is 2.28. The third-order valence-electron chi connectivity index (χ3n) is 3.95. The van der Waals surface area contributed by atoms with Crippen molar-refractivity contribution in [2.75, 3.05) is 6.54 Å². The Balaban J connectivity index is 2.05. The minimum absolute atomic E-state index is 0.000331. The summed E-state index contributed by atoms with van der Waals surface area (Å²) >= 11 is 9.14. The van der Waals surface area contributed by atoms with Crippen molar-refractivity contribution in [2.24, 2.45) is 0 Å². The lowest BCUT2D eigenvalue weighted by Gasteiger charge is -2.30. The lowest BCUT2D eigenvalue weighted by Crippen LogP contribution is -3.07. The van der Waals surface area contributed by atoms with E-state index in [1.807, 2.05) is 0 Å². The van der Waals surface area contributed by atoms with Gasteiger partial charge in [0.1, 0.15) is 28.0 Å². The molecule has 1 aromatic heterocycles. The maximum absolute atomic E-state index is 14.1. The lowest BCUT2D eigenvalue weighted by atomic mass is 10.0. The van der Waals surface area contributed by atoms with E-state index in [0.29, 0.717) is 29.7 Å². The second-order valence-electron chi connectivity index (χ2n) is 5.42. The van der Waals surface area contributed by atoms with E-state index in [0.717, 1.165) is 17.8 Å². The van der Waals surface area contributed by atoms with Gasteiger partial charge in [-0.3, -0.25) is 4.98 Å². The minimum atomic E-state index is -0.704. The topological polar surface area (TPSA) is 53.3 Å². The monoisotopic (exact) mass is 403 g/mol. The molecule has 3 rings (SSSR count). The summed E-state index contributed by atoms with van der Waals surface area (Å²) in [4.78, 5) is 8.66. The minimum Gasteiger partial charge on any atom is -0.634 e. The summed E-state index contributed by atoms with van der Waals surface area (Å²) in [6.07, 6.45) is 2.84. The van der Waals surface area contributed by atoms with Gasteiger partial charge >= 0.3 is 0 Å². The Kier molecular flexibility index (Phi) is 4.91. The Bertz CT molecular complexity index is 747. The van der Waals surface area contributed by atoms with Crippen LogP contribution in [0.4, 0.5) is 8.78 Å². The Morgan fingerprint density at radius 2 is 2.09 bits per heavy atom. The largest absolute Gasteiger partial charge is 0.634 e. The molecule has 2 aromatic rings. The number of halogens is 4. The normalized spacial score (nSPS) is 20.9. The molecule has 0 saturated heterocycles. The van der Waals surface area contributed by atoms with Crippen LogP contribution < -0.4 is 5.06 Å². The number of nitrogens with zero attached hydrogens (tertiary/aromatic N) is 2. The first-order chi connectivity index (χ1) is 11.0. The summed E-state index contributed by atoms with van der Waals surface area (Å²) in [6.45, 7) is 0.356. The molecule has 0 bridgehead atoms. The van der Waals surface area contributed by atoms with E-state index < -0.39 is 17.7 Å². The molecule has 2 atom stereocenters. The van der Waals surface area contributed by atoms with Crippen LogP contribution in [0.15, 0.2) is 22.9 Å². The van der Waals surface area contributed by atoms with Crippen LogP contribution in [0.3, 0.4) is 0 Å². The Morgan fingerprint density at radius 3 is 2.87 bits per heavy atom. The fourth-order valence-electron chi connectivity index (χ4n) is 2.81. The highest BCUT2D eigenvalue weighted by Gasteiger charge is 2.30. The first-order valence-electron chi connectivity index (χ1n) is 7.13. The number of nitrogens with one attached hydrogen (secondary N) is 1. The quantitative estimate of drug-likeness (QED) is 0.619. The number of benzene rings is 1. The van der Waals surface area contributed by atoms with Gasteiger partial charge in [-0.05, 0) is 34.5 Å². The molecule has 0 aliphatic carbocycles. The molecule has 2 heterocycles. The van der Waals surface area contributed by atoms with Gasteiger partial charge in [0.25, 0.3) is 0 Å². The molecular weight excluding hydrogens is 392 g/mol. The molecular formula is C15H13BrClF2N3O. The second-order valence-corrected chi connectivity index (χ2v) is 6.61. The molecule has 1 aliphatic rings. The lowest BCUT2D eigenvalue weighted by molar-refractivity contribution is -0.882. The van der Waals surface area contributed by atoms with Crippen LogP contribution in [0.2, 0.25) is 5.02 Å². The van der Waals surface area contributed by atoms with E-state index in [-0.39, 0.29) is 22.1 Å². The molecule has 1 N–H and O–H groups in total. The van der Waals surface area contributed by atoms with E-state index >= 15 is 0 Å². The number of hydroxylamine groups is 2. The van der Waals surface area contributed by atoms with Crippen molar-refractivity contribution in [3.63, 3.8) is 0 Å². The first-order valence-corrected chi connectivity index (χ1v) is 8.31. The van der Waals surface area contributed by atoms with Gasteiger partial charge in [-0.1, -0.05) is 11.6 Å². The van der Waals surface area contributed by atoms with Crippen LogP contribution in [0.1, 0.15) is 29.4 Å². The molecule has 0 spiro atoms. The van der Waals surface area contributed by atoms with Gasteiger partial charge in [-0.25, -0.2) is 13.8 Å². The van der Waals surface area contributed by atoms with Crippen LogP contribution in [-0.2, 0) is 12.8 Å². The SMILES string of the molecule is [O-][NH+]1CCCc2ncc(Br)nc2C1Cc1c(F)ccc(F)c1Cl. The molecule has 122 valence electrons. The molecule has 1 aliphatic heterocycles. The van der Waals surface area contributed by atoms with Crippen molar-refractivity contribution in [3.8, 4) is 0 Å². The van der Waals surface area contributed by atoms with Crippen molar-refractivity contribution in [1.29, 1.82) is 0 Å². The molecule has 4 nitrogen and oxygen atoms in total. The molecule has 23 heavy (non-hydrogen) atoms. The van der Waals surface area contributed by atoms with Gasteiger partial charge in [0.05, 0.1) is 23.5 Å². The molecule has 0 fully saturated rings. The van der Waals surface area contributed by atoms with Gasteiger partial charge in [0.15, 0.2) is 0 Å². The number of quaternary nitrogens is 1. The third-order valence-corrected chi connectivity index (χ3v) is 4.74. The summed E-state index contributed by atoms with van der Waals surface area (Å²) < 4.78 is 28.2. The van der Waals surface area contributed by atoms with Crippen molar-refractivity contribution in [2.45, 2.75) is 25.3 Å². The number of aromatic nitrogens is 2. The number of fused-ring (bicyclic) bond motifs is 1. The van der Waals surface area contributed by atoms with Gasteiger partial charge < -0.3 is 10.3 Å². The molecule has 0 radical (unpaired) electrons. The zero-order chi connectivity index (χ0) is 16.6. The van der Waals surface area contributed by atoms with E-state index in [1.54, 1.807) is 6.20 Å². The van der Waals surface area contributed by atoms with Crippen molar-refractivity contribution >= 4 is 27.5 Å². The Hall–Kier alpha value is -1.15. The maximum Gasteiger partial charge on any atom is 0.142 e. The van der Waals surface area contributed by atoms with Crippen LogP contribution in [-0.4, -0.2) is 16.5 Å². The Morgan fingerprint density at radius 1 is 1.35 bits per heavy atom. The maximum atomic E-state index is 14.1. The van der Waals surface area contributed by atoms with Gasteiger partial charge in [-0.2, -0.15) is 0 Å². The van der Waals surface area contributed by atoms with Gasteiger partial charge in [-0.15, -0.1) is 0 Å². The van der Waals surface area contributed by atoms with E-state index in [1.165, 1.54) is 0 Å². The van der Waals surface area contributed by atoms with Crippen molar-refractivity contribution < 1.29 is 13.8 Å². The molecule has 1 aromatic carbocycles. The fourth-order valence-corrected chi connectivity index (χ4v) is 3.33. The van der Waals surface area contributed by atoms with E-state index in [4.69, 9.17) is 11.6 Å². The predicted octanol–water partition coefficient (Wildman–Crippen LogP) is 2.78. The summed E-state index contributed by atoms with van der Waals surface area (Å²) in [6, 6.07) is 1.32. The van der Waals surface area contributed by atoms with E-state index in [2.05, 4.69) is 25.9 Å². The standard InChI is InChI=1S/C15H13BrClF2N3O/c16-13-7-20-11-2-1-5-22(23)12(15(11)21-13)6-8-9(18)3-4-10(19)14(8)17/h3-4,7,12,22H,1-2,5-6H2. The molecule has 0 amide bonds. The fraction of sp³-hybridized carbons (Fsp3) is 0.333. The van der Waals surface area contributed by atoms with Crippen LogP contribution in [0, 0.1) is 16.8 Å². The van der Waals surface area contributed by atoms with Crippen molar-refractivity contribution in [1.82, 2.24) is 9.97 Å². The predicted molar refractivity (Wildman–Crippen MR) is 85.1 cm³/mol. The van der Waals surface area contributed by atoms with Crippen LogP contribution >= 0.6 is 27.5 Å². The summed E-state index contributed by atoms with van der Waals surface area (Å²) in [5.41, 5.74) is 1.23. The van der Waals surface area contributed by atoms with Crippen molar-refractivity contribution in [3.05, 3.63) is 61.7 Å². The van der Waals surface area contributed by atoms with E-state index in [9.17, 15) is 14.0 Å². The first kappa shape index (κ1) is 16.7. The number of hydrogen-bond donors (Lipinski definition) is 1. The summed E-state index contributed by atoms with van der Waals surface area (Å²) in [5.74, 6) is -1.33. The second kappa shape index (κ2) is 6.76. The van der Waals surface area contributed by atoms with Crippen LogP contribution in [0.5, 0.6) is 0 Å². The summed E-state index contributed by atoms with van der Waals surface area (Å²) in [7, 11) is 0. The number of hydrogen-bond acceptors (Lipinski definition) is 3. The molecule has 2 unspecified atom stereocenters. The third kappa shape index (κ3) is 3.38. The number of aryl methyl sites for hydroxylation is 1. The highest BCUT2D eigenvalue weighted by molar-refractivity contribution is 9.10. The van der Waals surface area contributed by atoms with Crippen LogP contribution in [0.25, 0.3) is 0 Å². The summed E-state index contributed by atoms with van der Waals surface area (Å²) in [5, 5.41) is 12.1. The van der Waals surface area contributed by atoms with Gasteiger partial charge in [0.2, 0.25) is 0 Å². The van der Waals surface area contributed by atoms with Gasteiger partial charge in [0, 0.05) is 18.4 Å². The number of rotatable bonds is 2. The zero-order valence-corrected chi connectivity index (χ0v) is 14.3. The zero-order valence-electron chi connectivity index (χ0n) is 12.0. The molecule has 8 heteroatoms. The molecule has 0 saturated carbocycles. The average molecular weight is 405 g/mol. The average Bonchev–Trinajstić information content (AvgIpc) is 2.67.